The maximum atomic E-state index is 13.5. The molecule has 0 bridgehead atoms. The van der Waals surface area contributed by atoms with Gasteiger partial charge in [-0.2, -0.15) is 4.31 Å². The van der Waals surface area contributed by atoms with E-state index in [0.717, 1.165) is 11.1 Å². The van der Waals surface area contributed by atoms with Crippen molar-refractivity contribution in [3.63, 3.8) is 0 Å². The molecular weight excluding hydrogens is 455 g/mol. The standard InChI is InChI=1S/C26H25FN2O4S/c1-33-23-15-11-21(12-16-23)25-8-5-17-28(34(31,32)24-6-3-2-4-7-24)19-26(30)29(25)18-20-9-13-22(27)14-10-20/h2-16,25H,17-19H2,1H3/b8-5-. The predicted molar refractivity (Wildman–Crippen MR) is 127 cm³/mol. The maximum Gasteiger partial charge on any atom is 0.243 e. The smallest absolute Gasteiger partial charge is 0.243 e. The molecule has 1 amide bonds. The summed E-state index contributed by atoms with van der Waals surface area (Å²) in [6, 6.07) is 20.9. The van der Waals surface area contributed by atoms with E-state index in [-0.39, 0.29) is 36.3 Å². The van der Waals surface area contributed by atoms with Crippen LogP contribution in [0.5, 0.6) is 5.75 Å². The second kappa shape index (κ2) is 10.2. The Morgan fingerprint density at radius 3 is 2.29 bits per heavy atom. The highest BCUT2D eigenvalue weighted by Crippen LogP contribution is 2.29. The van der Waals surface area contributed by atoms with Crippen LogP contribution < -0.4 is 4.74 Å². The van der Waals surface area contributed by atoms with Gasteiger partial charge in [0.15, 0.2) is 0 Å². The molecule has 1 aliphatic rings. The molecule has 0 saturated heterocycles. The van der Waals surface area contributed by atoms with E-state index >= 15 is 0 Å². The first-order valence-corrected chi connectivity index (χ1v) is 12.2. The van der Waals surface area contributed by atoms with Gasteiger partial charge in [-0.1, -0.05) is 54.6 Å². The topological polar surface area (TPSA) is 66.9 Å². The molecule has 3 aromatic carbocycles. The molecule has 176 valence electrons. The summed E-state index contributed by atoms with van der Waals surface area (Å²) in [6.45, 7) is -0.0468. The Hall–Kier alpha value is -3.49. The van der Waals surface area contributed by atoms with Gasteiger partial charge in [0.25, 0.3) is 0 Å². The van der Waals surface area contributed by atoms with Gasteiger partial charge in [-0.15, -0.1) is 0 Å². The molecule has 0 aromatic heterocycles. The number of carbonyl (C=O) groups is 1. The Labute approximate surface area is 198 Å². The second-order valence-electron chi connectivity index (χ2n) is 7.90. The van der Waals surface area contributed by atoms with Crippen molar-refractivity contribution in [2.45, 2.75) is 17.5 Å². The fraction of sp³-hybridized carbons (Fsp3) is 0.192. The molecule has 34 heavy (non-hydrogen) atoms. The normalized spacial score (nSPS) is 18.2. The monoisotopic (exact) mass is 480 g/mol. The fourth-order valence-corrected chi connectivity index (χ4v) is 5.22. The highest BCUT2D eigenvalue weighted by molar-refractivity contribution is 7.89. The molecule has 1 atom stereocenters. The lowest BCUT2D eigenvalue weighted by molar-refractivity contribution is -0.133. The molecule has 8 heteroatoms. The molecular formula is C26H25FN2O4S. The van der Waals surface area contributed by atoms with E-state index in [1.165, 1.54) is 28.6 Å². The summed E-state index contributed by atoms with van der Waals surface area (Å²) < 4.78 is 46.2. The van der Waals surface area contributed by atoms with Crippen LogP contribution in [0.15, 0.2) is 95.9 Å². The molecule has 0 N–H and O–H groups in total. The fourth-order valence-electron chi connectivity index (χ4n) is 3.86. The van der Waals surface area contributed by atoms with Gasteiger partial charge in [0.2, 0.25) is 15.9 Å². The molecule has 0 radical (unpaired) electrons. The van der Waals surface area contributed by atoms with E-state index in [0.29, 0.717) is 5.75 Å². The minimum absolute atomic E-state index is 0.0695. The molecule has 1 aliphatic heterocycles. The zero-order chi connectivity index (χ0) is 24.1. The van der Waals surface area contributed by atoms with Crippen LogP contribution in [0, 0.1) is 5.82 Å². The van der Waals surface area contributed by atoms with E-state index in [4.69, 9.17) is 4.74 Å². The zero-order valence-corrected chi connectivity index (χ0v) is 19.5. The summed E-state index contributed by atoms with van der Waals surface area (Å²) in [5.74, 6) is -0.0291. The summed E-state index contributed by atoms with van der Waals surface area (Å²) in [6.07, 6.45) is 3.59. The van der Waals surface area contributed by atoms with Gasteiger partial charge in [0.05, 0.1) is 24.6 Å². The van der Waals surface area contributed by atoms with E-state index in [2.05, 4.69) is 0 Å². The minimum Gasteiger partial charge on any atom is -0.497 e. The van der Waals surface area contributed by atoms with Crippen molar-refractivity contribution in [1.29, 1.82) is 0 Å². The number of ether oxygens (including phenoxy) is 1. The average Bonchev–Trinajstić information content (AvgIpc) is 2.85. The van der Waals surface area contributed by atoms with E-state index in [1.54, 1.807) is 48.4 Å². The quantitative estimate of drug-likeness (QED) is 0.497. The minimum atomic E-state index is -3.86. The van der Waals surface area contributed by atoms with Crippen LogP contribution in [0.4, 0.5) is 4.39 Å². The zero-order valence-electron chi connectivity index (χ0n) is 18.7. The number of halogens is 1. The van der Waals surface area contributed by atoms with Gasteiger partial charge in [-0.3, -0.25) is 4.79 Å². The molecule has 4 rings (SSSR count). The van der Waals surface area contributed by atoms with Gasteiger partial charge in [-0.25, -0.2) is 12.8 Å². The molecule has 0 aliphatic carbocycles. The van der Waals surface area contributed by atoms with Gasteiger partial charge in [0.1, 0.15) is 11.6 Å². The second-order valence-corrected chi connectivity index (χ2v) is 9.84. The molecule has 0 spiro atoms. The van der Waals surface area contributed by atoms with Crippen LogP contribution in [0.1, 0.15) is 17.2 Å². The SMILES string of the molecule is COc1ccc(C2/C=C\CN(S(=O)(=O)c3ccccc3)CC(=O)N2Cc2ccc(F)cc2)cc1. The third-order valence-corrected chi connectivity index (χ3v) is 7.53. The number of hydrogen-bond donors (Lipinski definition) is 0. The maximum absolute atomic E-state index is 13.5. The summed E-state index contributed by atoms with van der Waals surface area (Å²) in [5, 5.41) is 0. The van der Waals surface area contributed by atoms with Crippen molar-refractivity contribution in [3.05, 3.63) is 108 Å². The lowest BCUT2D eigenvalue weighted by Gasteiger charge is -2.34. The number of benzene rings is 3. The van der Waals surface area contributed by atoms with Crippen LogP contribution in [-0.2, 0) is 21.4 Å². The first-order valence-electron chi connectivity index (χ1n) is 10.8. The highest BCUT2D eigenvalue weighted by Gasteiger charge is 2.32. The molecule has 1 heterocycles. The summed E-state index contributed by atoms with van der Waals surface area (Å²) in [7, 11) is -2.28. The number of carbonyl (C=O) groups excluding carboxylic acids is 1. The van der Waals surface area contributed by atoms with E-state index in [9.17, 15) is 17.6 Å². The van der Waals surface area contributed by atoms with Crippen LogP contribution in [0.2, 0.25) is 0 Å². The molecule has 0 fully saturated rings. The lowest BCUT2D eigenvalue weighted by atomic mass is 10.0. The number of methoxy groups -OCH3 is 1. The molecule has 6 nitrogen and oxygen atoms in total. The molecule has 1 unspecified atom stereocenters. The first-order chi connectivity index (χ1) is 16.4. The number of rotatable bonds is 6. The van der Waals surface area contributed by atoms with Crippen LogP contribution >= 0.6 is 0 Å². The molecule has 0 saturated carbocycles. The Morgan fingerprint density at radius 2 is 1.65 bits per heavy atom. The van der Waals surface area contributed by atoms with Crippen molar-refractivity contribution in [1.82, 2.24) is 9.21 Å². The van der Waals surface area contributed by atoms with Crippen LogP contribution in [0.25, 0.3) is 0 Å². The molecule has 3 aromatic rings. The number of nitrogens with zero attached hydrogens (tertiary/aromatic N) is 2. The van der Waals surface area contributed by atoms with Gasteiger partial charge in [-0.05, 0) is 47.5 Å². The number of hydrogen-bond acceptors (Lipinski definition) is 4. The number of sulfonamides is 1. The Morgan fingerprint density at radius 1 is 0.971 bits per heavy atom. The third-order valence-electron chi connectivity index (χ3n) is 5.70. The third kappa shape index (κ3) is 5.18. The van der Waals surface area contributed by atoms with Crippen molar-refractivity contribution < 1.29 is 22.3 Å². The van der Waals surface area contributed by atoms with Crippen molar-refractivity contribution in [2.24, 2.45) is 0 Å². The summed E-state index contributed by atoms with van der Waals surface area (Å²) in [4.78, 5) is 15.3. The van der Waals surface area contributed by atoms with Crippen molar-refractivity contribution >= 4 is 15.9 Å². The Balaban J connectivity index is 1.70. The highest BCUT2D eigenvalue weighted by atomic mass is 32.2. The lowest BCUT2D eigenvalue weighted by Crippen LogP contribution is -2.45. The summed E-state index contributed by atoms with van der Waals surface area (Å²) >= 11 is 0. The first kappa shape index (κ1) is 23.7. The Bertz CT molecular complexity index is 1260. The van der Waals surface area contributed by atoms with Crippen LogP contribution in [0.3, 0.4) is 0 Å². The van der Waals surface area contributed by atoms with Crippen molar-refractivity contribution in [2.75, 3.05) is 20.2 Å². The van der Waals surface area contributed by atoms with Gasteiger partial charge in [0, 0.05) is 13.1 Å². The van der Waals surface area contributed by atoms with E-state index in [1.807, 2.05) is 30.3 Å². The number of amides is 1. The predicted octanol–water partition coefficient (Wildman–Crippen LogP) is 4.16. The van der Waals surface area contributed by atoms with E-state index < -0.39 is 16.1 Å². The average molecular weight is 481 g/mol. The van der Waals surface area contributed by atoms with Crippen molar-refractivity contribution in [3.8, 4) is 5.75 Å². The van der Waals surface area contributed by atoms with Gasteiger partial charge < -0.3 is 9.64 Å². The largest absolute Gasteiger partial charge is 0.497 e. The van der Waals surface area contributed by atoms with Gasteiger partial charge >= 0.3 is 0 Å². The van der Waals surface area contributed by atoms with Crippen LogP contribution in [-0.4, -0.2) is 43.7 Å². The Kier molecular flexibility index (Phi) is 7.09. The summed E-state index contributed by atoms with van der Waals surface area (Å²) in [5.41, 5.74) is 1.59.